The molecule has 0 aromatic carbocycles. The average Bonchev–Trinajstić information content (AvgIpc) is 2.14. The minimum Gasteiger partial charge on any atom is -0.284 e. The van der Waals surface area contributed by atoms with Crippen LogP contribution in [0.4, 0.5) is 30.7 Å². The van der Waals surface area contributed by atoms with Crippen LogP contribution >= 0.6 is 0 Å². The van der Waals surface area contributed by atoms with Gasteiger partial charge in [0, 0.05) is 0 Å². The van der Waals surface area contributed by atoms with Gasteiger partial charge in [0.05, 0.1) is 0 Å². The van der Waals surface area contributed by atoms with Crippen molar-refractivity contribution in [1.29, 1.82) is 0 Å². The van der Waals surface area contributed by atoms with Crippen LogP contribution in [0.3, 0.4) is 0 Å². The monoisotopic (exact) mass is 236 g/mol. The Morgan fingerprint density at radius 3 is 1.73 bits per heavy atom. The zero-order valence-electron chi connectivity index (χ0n) is 6.84. The largest absolute Gasteiger partial charge is 0.377 e. The quantitative estimate of drug-likeness (QED) is 0.416. The van der Waals surface area contributed by atoms with Gasteiger partial charge in [-0.15, -0.1) is 0 Å². The van der Waals surface area contributed by atoms with Gasteiger partial charge in [0.25, 0.3) is 5.78 Å². The lowest BCUT2D eigenvalue weighted by Crippen LogP contribution is -2.46. The summed E-state index contributed by atoms with van der Waals surface area (Å²) in [6.07, 6.45) is -4.02. The number of carbonyl (C=O) groups is 1. The molecule has 0 saturated carbocycles. The number of carbonyl (C=O) groups excluding carboxylic acids is 1. The standard InChI is InChI=1S/C7H3F7O/c1-2-6(11,12)7(13,14)4(15)3(8)5(9)10/h2H,1H2. The smallest absolute Gasteiger partial charge is 0.284 e. The van der Waals surface area contributed by atoms with Gasteiger partial charge in [-0.3, -0.25) is 4.79 Å². The summed E-state index contributed by atoms with van der Waals surface area (Å²) in [5.41, 5.74) is 0. The molecule has 15 heavy (non-hydrogen) atoms. The first-order valence-electron chi connectivity index (χ1n) is 3.22. The van der Waals surface area contributed by atoms with Crippen LogP contribution in [0.5, 0.6) is 0 Å². The predicted octanol–water partition coefficient (Wildman–Crippen LogP) is 3.09. The van der Waals surface area contributed by atoms with Gasteiger partial charge in [-0.2, -0.15) is 30.7 Å². The van der Waals surface area contributed by atoms with Crippen molar-refractivity contribution in [3.8, 4) is 0 Å². The summed E-state index contributed by atoms with van der Waals surface area (Å²) >= 11 is 0. The van der Waals surface area contributed by atoms with E-state index in [0.717, 1.165) is 0 Å². The third kappa shape index (κ3) is 2.37. The van der Waals surface area contributed by atoms with Gasteiger partial charge in [-0.1, -0.05) is 6.58 Å². The van der Waals surface area contributed by atoms with Crippen molar-refractivity contribution in [3.05, 3.63) is 24.6 Å². The van der Waals surface area contributed by atoms with E-state index < -0.39 is 35.6 Å². The van der Waals surface area contributed by atoms with E-state index in [9.17, 15) is 35.5 Å². The summed E-state index contributed by atoms with van der Waals surface area (Å²) in [6, 6.07) is 0. The fourth-order valence-electron chi connectivity index (χ4n) is 0.503. The van der Waals surface area contributed by atoms with Crippen molar-refractivity contribution in [3.63, 3.8) is 0 Å². The van der Waals surface area contributed by atoms with Crippen LogP contribution in [0.15, 0.2) is 24.6 Å². The van der Waals surface area contributed by atoms with Crippen LogP contribution in [-0.4, -0.2) is 17.6 Å². The van der Waals surface area contributed by atoms with Crippen molar-refractivity contribution in [2.75, 3.05) is 0 Å². The molecule has 0 bridgehead atoms. The Bertz CT molecular complexity index is 313. The molecular formula is C7H3F7O. The van der Waals surface area contributed by atoms with E-state index in [1.807, 2.05) is 0 Å². The van der Waals surface area contributed by atoms with Crippen molar-refractivity contribution < 1.29 is 35.5 Å². The molecule has 0 rings (SSSR count). The third-order valence-corrected chi connectivity index (χ3v) is 1.33. The van der Waals surface area contributed by atoms with Gasteiger partial charge in [0.2, 0.25) is 5.83 Å². The van der Waals surface area contributed by atoms with Crippen LogP contribution in [0, 0.1) is 0 Å². The highest BCUT2D eigenvalue weighted by molar-refractivity contribution is 6.00. The molecule has 0 fully saturated rings. The second kappa shape index (κ2) is 4.03. The molecule has 0 saturated heterocycles. The lowest BCUT2D eigenvalue weighted by Gasteiger charge is -2.20. The van der Waals surface area contributed by atoms with Gasteiger partial charge in [0.1, 0.15) is 0 Å². The maximum atomic E-state index is 12.4. The van der Waals surface area contributed by atoms with E-state index in [-0.39, 0.29) is 0 Å². The summed E-state index contributed by atoms with van der Waals surface area (Å²) in [5, 5.41) is 0. The number of alkyl halides is 4. The molecule has 0 heterocycles. The first-order chi connectivity index (χ1) is 6.58. The summed E-state index contributed by atoms with van der Waals surface area (Å²) in [4.78, 5) is 10.2. The SMILES string of the molecule is C=CC(F)(F)C(F)(F)C(=O)C(F)=C(F)F. The molecule has 0 aliphatic heterocycles. The number of hydrogen-bond donors (Lipinski definition) is 0. The maximum Gasteiger partial charge on any atom is 0.377 e. The van der Waals surface area contributed by atoms with E-state index in [2.05, 4.69) is 6.58 Å². The van der Waals surface area contributed by atoms with Crippen molar-refractivity contribution in [2.24, 2.45) is 0 Å². The number of Topliss-reactive ketones (excluding diaryl/α,β-unsaturated/α-hetero) is 1. The Hall–Kier alpha value is -1.34. The van der Waals surface area contributed by atoms with E-state index in [1.54, 1.807) is 0 Å². The zero-order chi connectivity index (χ0) is 12.4. The van der Waals surface area contributed by atoms with Crippen LogP contribution < -0.4 is 0 Å². The molecule has 0 radical (unpaired) electrons. The van der Waals surface area contributed by atoms with E-state index in [1.165, 1.54) is 0 Å². The molecule has 0 aromatic rings. The van der Waals surface area contributed by atoms with E-state index >= 15 is 0 Å². The number of rotatable bonds is 4. The summed E-state index contributed by atoms with van der Waals surface area (Å²) < 4.78 is 84.2. The Morgan fingerprint density at radius 2 is 1.47 bits per heavy atom. The average molecular weight is 236 g/mol. The Balaban J connectivity index is 5.33. The van der Waals surface area contributed by atoms with Crippen molar-refractivity contribution >= 4 is 5.78 Å². The van der Waals surface area contributed by atoms with Crippen LogP contribution in [0.1, 0.15) is 0 Å². The molecular weight excluding hydrogens is 233 g/mol. The van der Waals surface area contributed by atoms with Crippen LogP contribution in [0.25, 0.3) is 0 Å². The first kappa shape index (κ1) is 13.7. The van der Waals surface area contributed by atoms with Crippen LogP contribution in [-0.2, 0) is 4.79 Å². The highest BCUT2D eigenvalue weighted by Crippen LogP contribution is 2.38. The molecule has 0 amide bonds. The molecule has 1 nitrogen and oxygen atoms in total. The predicted molar refractivity (Wildman–Crippen MR) is 35.4 cm³/mol. The Morgan fingerprint density at radius 1 is 1.07 bits per heavy atom. The van der Waals surface area contributed by atoms with Crippen LogP contribution in [0.2, 0.25) is 0 Å². The lowest BCUT2D eigenvalue weighted by molar-refractivity contribution is -0.187. The number of ketones is 1. The molecule has 0 unspecified atom stereocenters. The van der Waals surface area contributed by atoms with Crippen molar-refractivity contribution in [1.82, 2.24) is 0 Å². The second-order valence-corrected chi connectivity index (χ2v) is 2.31. The number of halogens is 7. The summed E-state index contributed by atoms with van der Waals surface area (Å²) in [5.74, 6) is -17.2. The van der Waals surface area contributed by atoms with Gasteiger partial charge in [0.15, 0.2) is 0 Å². The fraction of sp³-hybridized carbons (Fsp3) is 0.286. The van der Waals surface area contributed by atoms with Gasteiger partial charge >= 0.3 is 17.9 Å². The highest BCUT2D eigenvalue weighted by atomic mass is 19.3. The molecule has 0 aromatic heterocycles. The fourth-order valence-corrected chi connectivity index (χ4v) is 0.503. The van der Waals surface area contributed by atoms with Gasteiger partial charge < -0.3 is 0 Å². The minimum atomic E-state index is -5.59. The number of allylic oxidation sites excluding steroid dienone is 2. The molecule has 8 heteroatoms. The maximum absolute atomic E-state index is 12.4. The van der Waals surface area contributed by atoms with Gasteiger partial charge in [-0.05, 0) is 6.08 Å². The van der Waals surface area contributed by atoms with E-state index in [4.69, 9.17) is 0 Å². The topological polar surface area (TPSA) is 17.1 Å². The molecule has 0 aliphatic carbocycles. The molecule has 0 aliphatic rings. The first-order valence-corrected chi connectivity index (χ1v) is 3.22. The zero-order valence-corrected chi connectivity index (χ0v) is 6.84. The second-order valence-electron chi connectivity index (χ2n) is 2.31. The summed E-state index contributed by atoms with van der Waals surface area (Å²) in [7, 11) is 0. The summed E-state index contributed by atoms with van der Waals surface area (Å²) in [6.45, 7) is 2.28. The van der Waals surface area contributed by atoms with E-state index in [0.29, 0.717) is 0 Å². The lowest BCUT2D eigenvalue weighted by atomic mass is 10.1. The normalized spacial score (nSPS) is 12.2. The number of hydrogen-bond acceptors (Lipinski definition) is 1. The molecule has 0 N–H and O–H groups in total. The van der Waals surface area contributed by atoms with Crippen molar-refractivity contribution in [2.45, 2.75) is 11.8 Å². The highest BCUT2D eigenvalue weighted by Gasteiger charge is 2.61. The minimum absolute atomic E-state index is 0.631. The van der Waals surface area contributed by atoms with Gasteiger partial charge in [-0.25, -0.2) is 0 Å². The third-order valence-electron chi connectivity index (χ3n) is 1.33. The Labute approximate surface area is 78.9 Å². The molecule has 0 spiro atoms. The molecule has 0 atom stereocenters. The Kier molecular flexibility index (Phi) is 3.67. The molecule has 86 valence electrons.